The first kappa shape index (κ1) is 69.3. The van der Waals surface area contributed by atoms with E-state index < -0.39 is 6.10 Å². The van der Waals surface area contributed by atoms with Crippen LogP contribution in [0.4, 0.5) is 0 Å². The van der Waals surface area contributed by atoms with Crippen molar-refractivity contribution in [1.29, 1.82) is 0 Å². The molecule has 0 spiro atoms. The van der Waals surface area contributed by atoms with Gasteiger partial charge in [-0.05, 0) is 83.5 Å². The molecule has 0 aliphatic carbocycles. The highest BCUT2D eigenvalue weighted by Crippen LogP contribution is 2.17. The second kappa shape index (κ2) is 62.6. The molecule has 0 aromatic rings. The second-order valence-electron chi connectivity index (χ2n) is 21.1. The van der Waals surface area contributed by atoms with Gasteiger partial charge in [0.1, 0.15) is 6.61 Å². The van der Waals surface area contributed by atoms with Crippen molar-refractivity contribution in [2.45, 2.75) is 328 Å². The number of hydrogen-bond acceptors (Lipinski definition) is 5. The van der Waals surface area contributed by atoms with E-state index >= 15 is 0 Å². The summed E-state index contributed by atoms with van der Waals surface area (Å²) >= 11 is 0. The van der Waals surface area contributed by atoms with Crippen molar-refractivity contribution in [2.24, 2.45) is 0 Å². The highest BCUT2D eigenvalue weighted by molar-refractivity contribution is 5.70. The molecule has 72 heavy (non-hydrogen) atoms. The summed E-state index contributed by atoms with van der Waals surface area (Å²) in [5.74, 6) is -0.577. The number of hydrogen-bond donors (Lipinski definition) is 1. The summed E-state index contributed by atoms with van der Waals surface area (Å²) < 4.78 is 10.7. The summed E-state index contributed by atoms with van der Waals surface area (Å²) in [6.45, 7) is 4.07. The molecule has 0 saturated carbocycles. The van der Waals surface area contributed by atoms with Crippen LogP contribution in [-0.2, 0) is 19.1 Å². The van der Waals surface area contributed by atoms with E-state index in [9.17, 15) is 14.7 Å². The second-order valence-corrected chi connectivity index (χ2v) is 21.1. The SMILES string of the molecule is CC/C=C\C/C=C\C/C=C\C/C=C\C/C=C\CCCCCCCCCCCCCCCCCC(=O)OC(CO)COC(=O)CCCCCCCCCCCCCCCCC/C=C\CCCCCCCCCC. The van der Waals surface area contributed by atoms with E-state index in [2.05, 4.69) is 86.8 Å². The number of allylic oxidation sites excluding steroid dienone is 12. The molecule has 0 aromatic carbocycles. The zero-order valence-electron chi connectivity index (χ0n) is 47.9. The summed E-state index contributed by atoms with van der Waals surface area (Å²) in [6, 6.07) is 0. The highest BCUT2D eigenvalue weighted by atomic mass is 16.6. The number of rotatable bonds is 58. The topological polar surface area (TPSA) is 72.8 Å². The van der Waals surface area contributed by atoms with E-state index in [0.717, 1.165) is 70.6 Å². The van der Waals surface area contributed by atoms with Crippen LogP contribution in [0.2, 0.25) is 0 Å². The lowest BCUT2D eigenvalue weighted by Crippen LogP contribution is -2.28. The lowest BCUT2D eigenvalue weighted by molar-refractivity contribution is -0.161. The average molecular weight is 1010 g/mol. The molecule has 5 heteroatoms. The van der Waals surface area contributed by atoms with Gasteiger partial charge >= 0.3 is 11.9 Å². The van der Waals surface area contributed by atoms with Gasteiger partial charge in [-0.15, -0.1) is 0 Å². The lowest BCUT2D eigenvalue weighted by atomic mass is 10.0. The van der Waals surface area contributed by atoms with Gasteiger partial charge in [0.2, 0.25) is 0 Å². The van der Waals surface area contributed by atoms with Crippen LogP contribution in [0.3, 0.4) is 0 Å². The van der Waals surface area contributed by atoms with Crippen LogP contribution < -0.4 is 0 Å². The molecule has 0 rings (SSSR count). The summed E-state index contributed by atoms with van der Waals surface area (Å²) in [7, 11) is 0. The fourth-order valence-electron chi connectivity index (χ4n) is 9.29. The monoisotopic (exact) mass is 1000 g/mol. The third kappa shape index (κ3) is 59.9. The number of carbonyl (C=O) groups is 2. The molecule has 0 aliphatic heterocycles. The molecule has 0 radical (unpaired) electrons. The van der Waals surface area contributed by atoms with Gasteiger partial charge in [-0.3, -0.25) is 9.59 Å². The van der Waals surface area contributed by atoms with Crippen LogP contribution in [0.1, 0.15) is 322 Å². The van der Waals surface area contributed by atoms with E-state index in [-0.39, 0.29) is 25.2 Å². The maximum absolute atomic E-state index is 12.3. The first-order chi connectivity index (χ1) is 35.6. The summed E-state index contributed by atoms with van der Waals surface area (Å²) in [4.78, 5) is 24.6. The largest absolute Gasteiger partial charge is 0.462 e. The van der Waals surface area contributed by atoms with Crippen molar-refractivity contribution in [2.75, 3.05) is 13.2 Å². The van der Waals surface area contributed by atoms with Gasteiger partial charge in [-0.1, -0.05) is 299 Å². The predicted octanol–water partition coefficient (Wildman–Crippen LogP) is 21.5. The molecule has 1 N–H and O–H groups in total. The third-order valence-electron chi connectivity index (χ3n) is 14.0. The number of esters is 2. The van der Waals surface area contributed by atoms with Crippen molar-refractivity contribution < 1.29 is 24.2 Å². The van der Waals surface area contributed by atoms with E-state index in [1.807, 2.05) is 0 Å². The Bertz CT molecular complexity index is 1270. The van der Waals surface area contributed by atoms with Crippen molar-refractivity contribution in [3.8, 4) is 0 Å². The molecule has 418 valence electrons. The van der Waals surface area contributed by atoms with Crippen molar-refractivity contribution in [1.82, 2.24) is 0 Å². The fourth-order valence-corrected chi connectivity index (χ4v) is 9.29. The molecular weight excluding hydrogens is 885 g/mol. The zero-order valence-corrected chi connectivity index (χ0v) is 47.9. The molecule has 0 bridgehead atoms. The fraction of sp³-hybridized carbons (Fsp3) is 0.791. The minimum atomic E-state index is -0.774. The zero-order chi connectivity index (χ0) is 52.0. The van der Waals surface area contributed by atoms with Gasteiger partial charge in [0.05, 0.1) is 6.61 Å². The molecule has 1 unspecified atom stereocenters. The van der Waals surface area contributed by atoms with Crippen LogP contribution in [0.15, 0.2) is 72.9 Å². The Balaban J connectivity index is 3.45. The highest BCUT2D eigenvalue weighted by Gasteiger charge is 2.16. The standard InChI is InChI=1S/C67H120O5/c1-3-5-7-9-11-13-15-17-19-21-23-25-27-29-31-32-33-34-36-38-40-42-44-46-48-50-52-54-56-58-60-62-67(70)72-65(63-68)64-71-66(69)61-59-57-55-53-51-49-47-45-43-41-39-37-35-30-28-26-24-22-20-18-16-14-12-10-8-6-4-2/h5,7,11,13,17,19,22-25,29,31,65,68H,3-4,6,8-10,12,14-16,18,20-21,26-28,30,32-64H2,1-2H3/b7-5-,13-11-,19-17-,24-22-,25-23-,31-29-. The molecule has 0 fully saturated rings. The van der Waals surface area contributed by atoms with Gasteiger partial charge in [0, 0.05) is 12.8 Å². The van der Waals surface area contributed by atoms with Gasteiger partial charge in [-0.25, -0.2) is 0 Å². The minimum absolute atomic E-state index is 0.0641. The molecule has 0 amide bonds. The number of aliphatic hydroxyl groups is 1. The molecule has 1 atom stereocenters. The molecule has 0 saturated heterocycles. The molecular formula is C67H120O5. The van der Waals surface area contributed by atoms with Crippen LogP contribution in [-0.4, -0.2) is 36.4 Å². The number of aliphatic hydroxyl groups excluding tert-OH is 1. The Morgan fingerprint density at radius 1 is 0.333 bits per heavy atom. The maximum atomic E-state index is 12.3. The van der Waals surface area contributed by atoms with Crippen molar-refractivity contribution >= 4 is 11.9 Å². The minimum Gasteiger partial charge on any atom is -0.462 e. The number of unbranched alkanes of at least 4 members (excludes halogenated alkanes) is 38. The average Bonchev–Trinajstić information content (AvgIpc) is 3.38. The predicted molar refractivity (Wildman–Crippen MR) is 316 cm³/mol. The van der Waals surface area contributed by atoms with Gasteiger partial charge in [-0.2, -0.15) is 0 Å². The summed E-state index contributed by atoms with van der Waals surface area (Å²) in [6.07, 6.45) is 86.2. The Morgan fingerprint density at radius 3 is 0.917 bits per heavy atom. The van der Waals surface area contributed by atoms with E-state index in [4.69, 9.17) is 9.47 Å². The normalized spacial score (nSPS) is 12.7. The Morgan fingerprint density at radius 2 is 0.597 bits per heavy atom. The summed E-state index contributed by atoms with van der Waals surface area (Å²) in [5, 5.41) is 9.68. The Hall–Kier alpha value is -2.66. The maximum Gasteiger partial charge on any atom is 0.306 e. The van der Waals surface area contributed by atoms with Crippen LogP contribution in [0.5, 0.6) is 0 Å². The van der Waals surface area contributed by atoms with E-state index in [0.29, 0.717) is 12.8 Å². The van der Waals surface area contributed by atoms with Crippen LogP contribution in [0, 0.1) is 0 Å². The quantitative estimate of drug-likeness (QED) is 0.0373. The van der Waals surface area contributed by atoms with Gasteiger partial charge in [0.15, 0.2) is 6.10 Å². The molecule has 0 heterocycles. The smallest absolute Gasteiger partial charge is 0.306 e. The Kier molecular flexibility index (Phi) is 60.3. The third-order valence-corrected chi connectivity index (χ3v) is 14.0. The molecule has 0 aliphatic rings. The van der Waals surface area contributed by atoms with Crippen LogP contribution in [0.25, 0.3) is 0 Å². The van der Waals surface area contributed by atoms with Crippen molar-refractivity contribution in [3.63, 3.8) is 0 Å². The number of carbonyl (C=O) groups excluding carboxylic acids is 2. The molecule has 5 nitrogen and oxygen atoms in total. The lowest BCUT2D eigenvalue weighted by Gasteiger charge is -2.15. The van der Waals surface area contributed by atoms with Crippen LogP contribution >= 0.6 is 0 Å². The van der Waals surface area contributed by atoms with Crippen molar-refractivity contribution in [3.05, 3.63) is 72.9 Å². The van der Waals surface area contributed by atoms with Gasteiger partial charge in [0.25, 0.3) is 0 Å². The first-order valence-electron chi connectivity index (χ1n) is 31.5. The number of ether oxygens (including phenoxy) is 2. The summed E-state index contributed by atoms with van der Waals surface area (Å²) in [5.41, 5.74) is 0. The Labute approximate surface area is 448 Å². The van der Waals surface area contributed by atoms with E-state index in [1.54, 1.807) is 0 Å². The van der Waals surface area contributed by atoms with E-state index in [1.165, 1.54) is 225 Å². The van der Waals surface area contributed by atoms with Gasteiger partial charge < -0.3 is 14.6 Å². The molecule has 0 aromatic heterocycles. The first-order valence-corrected chi connectivity index (χ1v) is 31.5.